The highest BCUT2D eigenvalue weighted by Gasteiger charge is 2.19. The van der Waals surface area contributed by atoms with E-state index in [1.807, 2.05) is 0 Å². The van der Waals surface area contributed by atoms with Gasteiger partial charge in [0.15, 0.2) is 6.10 Å². The molecule has 6 nitrogen and oxygen atoms in total. The molecule has 0 saturated heterocycles. The van der Waals surface area contributed by atoms with Gasteiger partial charge in [-0.3, -0.25) is 14.4 Å². The standard InChI is InChI=1S/C45H86O6/c1-6-7-8-23-32-37-45(48)51-42(39-50-44(47)36-31-27-22-21-25-29-34-41(4)5)38-49-43(46)35-30-26-20-18-16-14-12-10-9-11-13-15-17-19-24-28-33-40(2)3/h40-42H,6-39H2,1-5H3/t42-/m0/s1. The van der Waals surface area contributed by atoms with E-state index in [9.17, 15) is 14.4 Å². The molecular weight excluding hydrogens is 636 g/mol. The molecule has 6 heteroatoms. The number of rotatable bonds is 39. The van der Waals surface area contributed by atoms with Gasteiger partial charge in [-0.1, -0.05) is 202 Å². The molecule has 0 radical (unpaired) electrons. The Morgan fingerprint density at radius 3 is 0.961 bits per heavy atom. The lowest BCUT2D eigenvalue weighted by molar-refractivity contribution is -0.167. The zero-order valence-electron chi connectivity index (χ0n) is 34.7. The third-order valence-corrected chi connectivity index (χ3v) is 9.97. The zero-order chi connectivity index (χ0) is 37.6. The average molecular weight is 723 g/mol. The minimum absolute atomic E-state index is 0.0670. The molecule has 0 aromatic heterocycles. The summed E-state index contributed by atoms with van der Waals surface area (Å²) >= 11 is 0. The predicted octanol–water partition coefficient (Wildman–Crippen LogP) is 13.8. The van der Waals surface area contributed by atoms with E-state index in [1.54, 1.807) is 0 Å². The Morgan fingerprint density at radius 2 is 0.647 bits per heavy atom. The summed E-state index contributed by atoms with van der Waals surface area (Å²) in [4.78, 5) is 37.3. The second-order valence-electron chi connectivity index (χ2n) is 16.3. The summed E-state index contributed by atoms with van der Waals surface area (Å²) in [5, 5.41) is 0. The molecule has 0 aliphatic heterocycles. The first-order valence-corrected chi connectivity index (χ1v) is 22.2. The summed E-state index contributed by atoms with van der Waals surface area (Å²) in [6.07, 6.45) is 35.7. The Kier molecular flexibility index (Phi) is 37.0. The van der Waals surface area contributed by atoms with Crippen LogP contribution in [0.2, 0.25) is 0 Å². The van der Waals surface area contributed by atoms with E-state index in [0.717, 1.165) is 76.0 Å². The predicted molar refractivity (Wildman–Crippen MR) is 215 cm³/mol. The van der Waals surface area contributed by atoms with Crippen LogP contribution < -0.4 is 0 Å². The Hall–Kier alpha value is -1.59. The first kappa shape index (κ1) is 49.4. The number of esters is 3. The lowest BCUT2D eigenvalue weighted by Gasteiger charge is -2.18. The van der Waals surface area contributed by atoms with Crippen LogP contribution in [-0.2, 0) is 28.6 Å². The molecule has 0 aliphatic carbocycles. The van der Waals surface area contributed by atoms with Crippen molar-refractivity contribution >= 4 is 17.9 Å². The minimum Gasteiger partial charge on any atom is -0.462 e. The number of hydrogen-bond acceptors (Lipinski definition) is 6. The maximum Gasteiger partial charge on any atom is 0.306 e. The smallest absolute Gasteiger partial charge is 0.306 e. The fourth-order valence-electron chi connectivity index (χ4n) is 6.58. The van der Waals surface area contributed by atoms with Crippen LogP contribution in [0.4, 0.5) is 0 Å². The van der Waals surface area contributed by atoms with Crippen molar-refractivity contribution < 1.29 is 28.6 Å². The first-order chi connectivity index (χ1) is 24.7. The van der Waals surface area contributed by atoms with Crippen LogP contribution >= 0.6 is 0 Å². The minimum atomic E-state index is -0.758. The van der Waals surface area contributed by atoms with Gasteiger partial charge in [0.2, 0.25) is 0 Å². The molecule has 0 heterocycles. The largest absolute Gasteiger partial charge is 0.462 e. The number of unbranched alkanes of at least 4 members (excludes halogenated alkanes) is 24. The fourth-order valence-corrected chi connectivity index (χ4v) is 6.58. The van der Waals surface area contributed by atoms with E-state index < -0.39 is 6.10 Å². The third-order valence-electron chi connectivity index (χ3n) is 9.97. The summed E-state index contributed by atoms with van der Waals surface area (Å²) in [6, 6.07) is 0. The van der Waals surface area contributed by atoms with Crippen LogP contribution in [0.15, 0.2) is 0 Å². The van der Waals surface area contributed by atoms with Gasteiger partial charge in [-0.05, 0) is 31.1 Å². The Labute approximate surface area is 317 Å². The number of ether oxygens (including phenoxy) is 3. The molecule has 51 heavy (non-hydrogen) atoms. The first-order valence-electron chi connectivity index (χ1n) is 22.2. The summed E-state index contributed by atoms with van der Waals surface area (Å²) in [5.41, 5.74) is 0. The lowest BCUT2D eigenvalue weighted by Crippen LogP contribution is -2.30. The molecule has 0 N–H and O–H groups in total. The van der Waals surface area contributed by atoms with E-state index in [4.69, 9.17) is 14.2 Å². The summed E-state index contributed by atoms with van der Waals surface area (Å²) in [5.74, 6) is 0.739. The van der Waals surface area contributed by atoms with Gasteiger partial charge in [0.05, 0.1) is 0 Å². The van der Waals surface area contributed by atoms with Gasteiger partial charge < -0.3 is 14.2 Å². The Morgan fingerprint density at radius 1 is 0.373 bits per heavy atom. The van der Waals surface area contributed by atoms with Crippen LogP contribution in [0, 0.1) is 11.8 Å². The van der Waals surface area contributed by atoms with Crippen molar-refractivity contribution in [2.24, 2.45) is 11.8 Å². The second-order valence-corrected chi connectivity index (χ2v) is 16.3. The van der Waals surface area contributed by atoms with Gasteiger partial charge in [-0.25, -0.2) is 0 Å². The van der Waals surface area contributed by atoms with E-state index >= 15 is 0 Å². The van der Waals surface area contributed by atoms with Gasteiger partial charge >= 0.3 is 17.9 Å². The molecule has 0 aromatic rings. The molecule has 0 aromatic carbocycles. The van der Waals surface area contributed by atoms with Crippen LogP contribution in [0.1, 0.15) is 240 Å². The lowest BCUT2D eigenvalue weighted by atomic mass is 10.0. The van der Waals surface area contributed by atoms with Gasteiger partial charge in [-0.2, -0.15) is 0 Å². The maximum atomic E-state index is 12.5. The fraction of sp³-hybridized carbons (Fsp3) is 0.933. The highest BCUT2D eigenvalue weighted by atomic mass is 16.6. The van der Waals surface area contributed by atoms with Crippen LogP contribution in [0.25, 0.3) is 0 Å². The molecule has 0 spiro atoms. The molecular formula is C45H86O6. The monoisotopic (exact) mass is 723 g/mol. The number of carbonyl (C=O) groups is 3. The van der Waals surface area contributed by atoms with E-state index in [1.165, 1.54) is 122 Å². The van der Waals surface area contributed by atoms with E-state index in [-0.39, 0.29) is 31.1 Å². The average Bonchev–Trinajstić information content (AvgIpc) is 3.09. The molecule has 0 unspecified atom stereocenters. The van der Waals surface area contributed by atoms with Crippen LogP contribution in [0.3, 0.4) is 0 Å². The molecule has 0 rings (SSSR count). The number of hydrogen-bond donors (Lipinski definition) is 0. The quantitative estimate of drug-likeness (QED) is 0.0357. The molecule has 0 saturated carbocycles. The molecule has 0 bridgehead atoms. The maximum absolute atomic E-state index is 12.5. The molecule has 0 amide bonds. The highest BCUT2D eigenvalue weighted by molar-refractivity contribution is 5.71. The highest BCUT2D eigenvalue weighted by Crippen LogP contribution is 2.16. The number of carbonyl (C=O) groups excluding carboxylic acids is 3. The van der Waals surface area contributed by atoms with Crippen LogP contribution in [-0.4, -0.2) is 37.2 Å². The van der Waals surface area contributed by atoms with Gasteiger partial charge in [-0.15, -0.1) is 0 Å². The van der Waals surface area contributed by atoms with Gasteiger partial charge in [0.25, 0.3) is 0 Å². The normalized spacial score (nSPS) is 12.1. The Bertz CT molecular complexity index is 779. The van der Waals surface area contributed by atoms with Crippen molar-refractivity contribution in [2.75, 3.05) is 13.2 Å². The second kappa shape index (κ2) is 38.1. The van der Waals surface area contributed by atoms with Crippen molar-refractivity contribution in [3.63, 3.8) is 0 Å². The Balaban J connectivity index is 4.06. The van der Waals surface area contributed by atoms with Gasteiger partial charge in [0.1, 0.15) is 13.2 Å². The van der Waals surface area contributed by atoms with Gasteiger partial charge in [0, 0.05) is 19.3 Å². The van der Waals surface area contributed by atoms with Crippen LogP contribution in [0.5, 0.6) is 0 Å². The zero-order valence-corrected chi connectivity index (χ0v) is 34.7. The SMILES string of the molecule is CCCCCCCC(=O)O[C@@H](COC(=O)CCCCCCCCCCCCCCCCCCC(C)C)COC(=O)CCCCCCCCC(C)C. The van der Waals surface area contributed by atoms with Crippen molar-refractivity contribution in [3.8, 4) is 0 Å². The third kappa shape index (κ3) is 39.5. The topological polar surface area (TPSA) is 78.9 Å². The van der Waals surface area contributed by atoms with Crippen molar-refractivity contribution in [3.05, 3.63) is 0 Å². The molecule has 0 fully saturated rings. The molecule has 0 aliphatic rings. The van der Waals surface area contributed by atoms with Crippen molar-refractivity contribution in [1.29, 1.82) is 0 Å². The van der Waals surface area contributed by atoms with E-state index in [0.29, 0.717) is 19.3 Å². The summed E-state index contributed by atoms with van der Waals surface area (Å²) in [6.45, 7) is 11.2. The van der Waals surface area contributed by atoms with E-state index in [2.05, 4.69) is 34.6 Å². The van der Waals surface area contributed by atoms with Crippen molar-refractivity contribution in [1.82, 2.24) is 0 Å². The molecule has 1 atom stereocenters. The summed E-state index contributed by atoms with van der Waals surface area (Å²) in [7, 11) is 0. The summed E-state index contributed by atoms with van der Waals surface area (Å²) < 4.78 is 16.6. The molecule has 302 valence electrons. The van der Waals surface area contributed by atoms with Crippen molar-refractivity contribution in [2.45, 2.75) is 246 Å².